The van der Waals surface area contributed by atoms with Crippen molar-refractivity contribution in [3.63, 3.8) is 0 Å². The first-order chi connectivity index (χ1) is 9.11. The highest BCUT2D eigenvalue weighted by Gasteiger charge is 2.09. The number of benzene rings is 1. The van der Waals surface area contributed by atoms with Crippen molar-refractivity contribution in [3.05, 3.63) is 34.6 Å². The van der Waals surface area contributed by atoms with Crippen LogP contribution in [0.1, 0.15) is 12.5 Å². The zero-order chi connectivity index (χ0) is 13.8. The number of aryl methyl sites for hydroxylation is 1. The molecule has 0 saturated heterocycles. The number of nitrogens with two attached hydrogens (primary N) is 1. The van der Waals surface area contributed by atoms with E-state index in [2.05, 4.69) is 31.2 Å². The molecule has 0 atom stereocenters. The fourth-order valence-corrected chi connectivity index (χ4v) is 1.84. The summed E-state index contributed by atoms with van der Waals surface area (Å²) in [5.74, 6) is 0.939. The van der Waals surface area contributed by atoms with Crippen molar-refractivity contribution in [2.24, 2.45) is 0 Å². The molecule has 1 aromatic carbocycles. The monoisotopic (exact) mass is 322 g/mol. The van der Waals surface area contributed by atoms with Gasteiger partial charge in [-0.25, -0.2) is 4.98 Å². The number of nitrogens with zero attached hydrogens (tertiary/aromatic N) is 2. The van der Waals surface area contributed by atoms with Crippen molar-refractivity contribution >= 4 is 33.1 Å². The molecular formula is C13H15BrN4O. The van der Waals surface area contributed by atoms with Crippen LogP contribution in [0.4, 0.5) is 17.2 Å². The molecule has 0 unspecified atom stereocenters. The summed E-state index contributed by atoms with van der Waals surface area (Å²) < 4.78 is 6.39. The lowest BCUT2D eigenvalue weighted by Gasteiger charge is -2.11. The van der Waals surface area contributed by atoms with Gasteiger partial charge in [-0.05, 0) is 37.6 Å². The van der Waals surface area contributed by atoms with Gasteiger partial charge >= 0.3 is 0 Å². The van der Waals surface area contributed by atoms with Crippen LogP contribution < -0.4 is 15.8 Å². The minimum absolute atomic E-state index is 0.397. The Morgan fingerprint density at radius 3 is 2.84 bits per heavy atom. The molecule has 2 aromatic rings. The fourth-order valence-electron chi connectivity index (χ4n) is 1.59. The van der Waals surface area contributed by atoms with Gasteiger partial charge in [-0.15, -0.1) is 0 Å². The standard InChI is InChI=1S/C13H15BrN4O/c1-3-19-13-11(15)12(16-7-17-13)18-9-4-5-10(14)8(2)6-9/h4-7H,3,15H2,1-2H3,(H,16,17,18). The molecule has 1 aromatic heterocycles. The topological polar surface area (TPSA) is 73.1 Å². The number of nitrogen functional groups attached to an aromatic ring is 1. The highest BCUT2D eigenvalue weighted by Crippen LogP contribution is 2.28. The molecule has 0 radical (unpaired) electrons. The minimum Gasteiger partial charge on any atom is -0.476 e. The molecule has 0 amide bonds. The van der Waals surface area contributed by atoms with E-state index in [0.717, 1.165) is 15.7 Å². The van der Waals surface area contributed by atoms with Crippen LogP contribution in [0.15, 0.2) is 29.0 Å². The fraction of sp³-hybridized carbons (Fsp3) is 0.231. The third-order valence-electron chi connectivity index (χ3n) is 2.55. The molecule has 0 aliphatic rings. The molecule has 6 heteroatoms. The van der Waals surface area contributed by atoms with Crippen LogP contribution >= 0.6 is 15.9 Å². The lowest BCUT2D eigenvalue weighted by molar-refractivity contribution is 0.328. The van der Waals surface area contributed by atoms with E-state index in [-0.39, 0.29) is 0 Å². The summed E-state index contributed by atoms with van der Waals surface area (Å²) in [6, 6.07) is 5.92. The maximum absolute atomic E-state index is 5.96. The van der Waals surface area contributed by atoms with Gasteiger partial charge in [0.1, 0.15) is 12.0 Å². The normalized spacial score (nSPS) is 10.3. The molecule has 0 fully saturated rings. The number of anilines is 3. The molecule has 19 heavy (non-hydrogen) atoms. The highest BCUT2D eigenvalue weighted by molar-refractivity contribution is 9.10. The van der Waals surface area contributed by atoms with Crippen molar-refractivity contribution in [1.29, 1.82) is 0 Å². The van der Waals surface area contributed by atoms with E-state index in [0.29, 0.717) is 24.0 Å². The zero-order valence-corrected chi connectivity index (χ0v) is 12.4. The maximum atomic E-state index is 5.96. The minimum atomic E-state index is 0.397. The number of nitrogens with one attached hydrogen (secondary N) is 1. The molecule has 100 valence electrons. The Labute approximate surface area is 120 Å². The molecule has 5 nitrogen and oxygen atoms in total. The first-order valence-electron chi connectivity index (χ1n) is 5.88. The van der Waals surface area contributed by atoms with Gasteiger partial charge in [0, 0.05) is 10.2 Å². The average Bonchev–Trinajstić information content (AvgIpc) is 2.39. The highest BCUT2D eigenvalue weighted by atomic mass is 79.9. The maximum Gasteiger partial charge on any atom is 0.242 e. The second kappa shape index (κ2) is 5.88. The summed E-state index contributed by atoms with van der Waals surface area (Å²) in [4.78, 5) is 8.13. The van der Waals surface area contributed by atoms with Crippen molar-refractivity contribution in [3.8, 4) is 5.88 Å². The van der Waals surface area contributed by atoms with Gasteiger partial charge in [0.15, 0.2) is 5.82 Å². The molecule has 0 spiro atoms. The Morgan fingerprint density at radius 1 is 1.37 bits per heavy atom. The Bertz CT molecular complexity index is 589. The van der Waals surface area contributed by atoms with Gasteiger partial charge in [0.2, 0.25) is 5.88 Å². The van der Waals surface area contributed by atoms with E-state index in [1.54, 1.807) is 0 Å². The van der Waals surface area contributed by atoms with E-state index in [1.165, 1.54) is 6.33 Å². The van der Waals surface area contributed by atoms with E-state index in [9.17, 15) is 0 Å². The summed E-state index contributed by atoms with van der Waals surface area (Å²) in [5, 5.41) is 3.16. The average molecular weight is 323 g/mol. The Balaban J connectivity index is 2.27. The summed E-state index contributed by atoms with van der Waals surface area (Å²) in [7, 11) is 0. The van der Waals surface area contributed by atoms with Gasteiger partial charge in [-0.2, -0.15) is 4.98 Å². The summed E-state index contributed by atoms with van der Waals surface area (Å²) >= 11 is 3.46. The first-order valence-corrected chi connectivity index (χ1v) is 6.67. The Hall–Kier alpha value is -1.82. The molecule has 0 aliphatic heterocycles. The predicted octanol–water partition coefficient (Wildman–Crippen LogP) is 3.27. The predicted molar refractivity (Wildman–Crippen MR) is 79.8 cm³/mol. The molecule has 2 rings (SSSR count). The quantitative estimate of drug-likeness (QED) is 0.903. The van der Waals surface area contributed by atoms with Gasteiger partial charge < -0.3 is 15.8 Å². The van der Waals surface area contributed by atoms with Crippen molar-refractivity contribution < 1.29 is 4.74 Å². The second-order valence-corrected chi connectivity index (χ2v) is 4.82. The SMILES string of the molecule is CCOc1ncnc(Nc2ccc(Br)c(C)c2)c1N. The molecule has 0 bridgehead atoms. The number of hydrogen-bond donors (Lipinski definition) is 2. The smallest absolute Gasteiger partial charge is 0.242 e. The van der Waals surface area contributed by atoms with Crippen LogP contribution in [-0.4, -0.2) is 16.6 Å². The molecular weight excluding hydrogens is 308 g/mol. The van der Waals surface area contributed by atoms with Crippen LogP contribution in [-0.2, 0) is 0 Å². The largest absolute Gasteiger partial charge is 0.476 e. The number of halogens is 1. The zero-order valence-electron chi connectivity index (χ0n) is 10.8. The van der Waals surface area contributed by atoms with Gasteiger partial charge in [0.25, 0.3) is 0 Å². The third kappa shape index (κ3) is 3.14. The van der Waals surface area contributed by atoms with E-state index in [1.807, 2.05) is 32.0 Å². The number of ether oxygens (including phenoxy) is 1. The van der Waals surface area contributed by atoms with E-state index < -0.39 is 0 Å². The summed E-state index contributed by atoms with van der Waals surface area (Å²) in [6.45, 7) is 4.41. The van der Waals surface area contributed by atoms with Crippen LogP contribution in [0.25, 0.3) is 0 Å². The van der Waals surface area contributed by atoms with Crippen molar-refractivity contribution in [1.82, 2.24) is 9.97 Å². The number of rotatable bonds is 4. The van der Waals surface area contributed by atoms with E-state index >= 15 is 0 Å². The second-order valence-electron chi connectivity index (χ2n) is 3.96. The molecule has 3 N–H and O–H groups in total. The van der Waals surface area contributed by atoms with Gasteiger partial charge in [0.05, 0.1) is 6.61 Å². The van der Waals surface area contributed by atoms with Crippen LogP contribution in [0, 0.1) is 6.92 Å². The summed E-state index contributed by atoms with van der Waals surface area (Å²) in [5.41, 5.74) is 8.41. The molecule has 0 saturated carbocycles. The third-order valence-corrected chi connectivity index (χ3v) is 3.44. The Morgan fingerprint density at radius 2 is 2.16 bits per heavy atom. The van der Waals surface area contributed by atoms with Crippen LogP contribution in [0.5, 0.6) is 5.88 Å². The number of aromatic nitrogens is 2. The summed E-state index contributed by atoms with van der Waals surface area (Å²) in [6.07, 6.45) is 1.43. The first kappa shape index (κ1) is 13.6. The van der Waals surface area contributed by atoms with Gasteiger partial charge in [-0.3, -0.25) is 0 Å². The van der Waals surface area contributed by atoms with Crippen molar-refractivity contribution in [2.45, 2.75) is 13.8 Å². The lowest BCUT2D eigenvalue weighted by atomic mass is 10.2. The van der Waals surface area contributed by atoms with E-state index in [4.69, 9.17) is 10.5 Å². The lowest BCUT2D eigenvalue weighted by Crippen LogP contribution is -2.05. The number of hydrogen-bond acceptors (Lipinski definition) is 5. The Kier molecular flexibility index (Phi) is 4.21. The molecule has 0 aliphatic carbocycles. The van der Waals surface area contributed by atoms with Gasteiger partial charge in [-0.1, -0.05) is 15.9 Å². The molecule has 1 heterocycles. The van der Waals surface area contributed by atoms with Crippen molar-refractivity contribution in [2.75, 3.05) is 17.7 Å². The van der Waals surface area contributed by atoms with Crippen LogP contribution in [0.3, 0.4) is 0 Å². The van der Waals surface area contributed by atoms with Crippen LogP contribution in [0.2, 0.25) is 0 Å².